The molecule has 0 aliphatic heterocycles. The average molecular weight is 360 g/mol. The number of rotatable bonds is 7. The van der Waals surface area contributed by atoms with Crippen LogP contribution in [0.15, 0.2) is 41.8 Å². The largest absolute Gasteiger partial charge is 0.347 e. The van der Waals surface area contributed by atoms with Gasteiger partial charge in [0, 0.05) is 51.4 Å². The van der Waals surface area contributed by atoms with Crippen molar-refractivity contribution in [2.45, 2.75) is 17.8 Å². The van der Waals surface area contributed by atoms with Crippen molar-refractivity contribution in [3.63, 3.8) is 0 Å². The summed E-state index contributed by atoms with van der Waals surface area (Å²) in [7, 11) is 5.34. The third-order valence-electron chi connectivity index (χ3n) is 3.81. The molecule has 0 unspecified atom stereocenters. The molecule has 0 saturated heterocycles. The first-order valence-corrected chi connectivity index (χ1v) is 9.09. The summed E-state index contributed by atoms with van der Waals surface area (Å²) in [4.78, 5) is 32.0. The molecule has 0 saturated carbocycles. The highest BCUT2D eigenvalue weighted by Gasteiger charge is 2.18. The first-order valence-electron chi connectivity index (χ1n) is 8.10. The topological polar surface area (TPSA) is 58.4 Å². The summed E-state index contributed by atoms with van der Waals surface area (Å²) in [6.45, 7) is 2.46. The Morgan fingerprint density at radius 1 is 1.28 bits per heavy atom. The number of hydrogen-bond acceptors (Lipinski definition) is 4. The molecule has 25 heavy (non-hydrogen) atoms. The maximum absolute atomic E-state index is 12.7. The molecule has 0 spiro atoms. The highest BCUT2D eigenvalue weighted by Crippen LogP contribution is 2.21. The number of carbonyl (C=O) groups excluding carboxylic acids is 2. The summed E-state index contributed by atoms with van der Waals surface area (Å²) in [5, 5.41) is 0.934. The summed E-state index contributed by atoms with van der Waals surface area (Å²) in [5.41, 5.74) is 1.65. The van der Waals surface area contributed by atoms with Crippen LogP contribution in [-0.4, -0.2) is 58.4 Å². The lowest BCUT2D eigenvalue weighted by Gasteiger charge is -2.22. The van der Waals surface area contributed by atoms with Crippen molar-refractivity contribution >= 4 is 23.6 Å². The van der Waals surface area contributed by atoms with Crippen molar-refractivity contribution in [2.75, 3.05) is 27.2 Å². The Bertz CT molecular complexity index is 742. The van der Waals surface area contributed by atoms with Gasteiger partial charge in [-0.2, -0.15) is 0 Å². The van der Waals surface area contributed by atoms with Gasteiger partial charge in [-0.25, -0.2) is 4.98 Å². The number of benzene rings is 1. The van der Waals surface area contributed by atoms with Crippen molar-refractivity contribution in [2.24, 2.45) is 7.05 Å². The summed E-state index contributed by atoms with van der Waals surface area (Å²) < 4.78 is 1.96. The molecule has 1 aromatic carbocycles. The van der Waals surface area contributed by atoms with Gasteiger partial charge in [-0.1, -0.05) is 23.9 Å². The van der Waals surface area contributed by atoms with E-state index in [1.54, 1.807) is 43.0 Å². The lowest BCUT2D eigenvalue weighted by molar-refractivity contribution is -0.129. The maximum Gasteiger partial charge on any atom is 0.254 e. The van der Waals surface area contributed by atoms with Gasteiger partial charge in [-0.3, -0.25) is 9.59 Å². The Morgan fingerprint density at radius 3 is 2.64 bits per heavy atom. The maximum atomic E-state index is 12.7. The molecule has 0 radical (unpaired) electrons. The fourth-order valence-electron chi connectivity index (χ4n) is 2.25. The van der Waals surface area contributed by atoms with Crippen LogP contribution in [0.3, 0.4) is 0 Å². The highest BCUT2D eigenvalue weighted by molar-refractivity contribution is 7.98. The molecule has 0 aliphatic rings. The van der Waals surface area contributed by atoms with E-state index in [1.165, 1.54) is 4.90 Å². The number of hydrogen-bond donors (Lipinski definition) is 0. The molecule has 1 heterocycles. The second-order valence-electron chi connectivity index (χ2n) is 5.92. The summed E-state index contributed by atoms with van der Waals surface area (Å²) in [6.07, 6.45) is 3.67. The standard InChI is InChI=1S/C18H24N4O2S/c1-5-22(12-16(23)20(2)3)17(24)15-8-6-7-14(11-15)13-25-18-19-9-10-21(18)4/h6-11H,5,12-13H2,1-4H3. The predicted molar refractivity (Wildman–Crippen MR) is 99.5 cm³/mol. The number of imidazole rings is 1. The highest BCUT2D eigenvalue weighted by atomic mass is 32.2. The van der Waals surface area contributed by atoms with E-state index >= 15 is 0 Å². The quantitative estimate of drug-likeness (QED) is 0.711. The van der Waals surface area contributed by atoms with Crippen molar-refractivity contribution in [3.8, 4) is 0 Å². The van der Waals surface area contributed by atoms with Crippen molar-refractivity contribution < 1.29 is 9.59 Å². The minimum absolute atomic E-state index is 0.0864. The molecule has 0 aliphatic carbocycles. The predicted octanol–water partition coefficient (Wildman–Crippen LogP) is 2.26. The Hall–Kier alpha value is -2.28. The molecule has 2 aromatic rings. The Morgan fingerprint density at radius 2 is 2.04 bits per heavy atom. The minimum Gasteiger partial charge on any atom is -0.347 e. The van der Waals surface area contributed by atoms with Gasteiger partial charge >= 0.3 is 0 Å². The van der Waals surface area contributed by atoms with E-state index in [9.17, 15) is 9.59 Å². The lowest BCUT2D eigenvalue weighted by Crippen LogP contribution is -2.40. The fraction of sp³-hybridized carbons (Fsp3) is 0.389. The van der Waals surface area contributed by atoms with Crippen LogP contribution in [0.2, 0.25) is 0 Å². The average Bonchev–Trinajstić information content (AvgIpc) is 3.02. The zero-order chi connectivity index (χ0) is 18.4. The first-order chi connectivity index (χ1) is 11.9. The van der Waals surface area contributed by atoms with Crippen LogP contribution in [0.5, 0.6) is 0 Å². The molecule has 134 valence electrons. The van der Waals surface area contributed by atoms with Crippen LogP contribution in [0, 0.1) is 0 Å². The molecule has 2 amide bonds. The molecule has 6 nitrogen and oxygen atoms in total. The molecule has 0 fully saturated rings. The third kappa shape index (κ3) is 5.09. The summed E-state index contributed by atoms with van der Waals surface area (Å²) in [6, 6.07) is 7.55. The Balaban J connectivity index is 2.07. The second kappa shape index (κ2) is 8.71. The number of nitrogens with zero attached hydrogens (tertiary/aromatic N) is 4. The van der Waals surface area contributed by atoms with Crippen LogP contribution < -0.4 is 0 Å². The van der Waals surface area contributed by atoms with Gasteiger partial charge in [0.1, 0.15) is 0 Å². The van der Waals surface area contributed by atoms with Crippen LogP contribution in [-0.2, 0) is 17.6 Å². The summed E-state index contributed by atoms with van der Waals surface area (Å²) in [5.74, 6) is 0.521. The minimum atomic E-state index is -0.124. The molecular weight excluding hydrogens is 336 g/mol. The third-order valence-corrected chi connectivity index (χ3v) is 4.94. The van der Waals surface area contributed by atoms with Gasteiger partial charge in [0.15, 0.2) is 5.16 Å². The number of amides is 2. The van der Waals surface area contributed by atoms with E-state index < -0.39 is 0 Å². The van der Waals surface area contributed by atoms with E-state index in [1.807, 2.05) is 42.9 Å². The zero-order valence-corrected chi connectivity index (χ0v) is 15.9. The lowest BCUT2D eigenvalue weighted by atomic mass is 10.1. The fourth-order valence-corrected chi connectivity index (χ4v) is 3.12. The van der Waals surface area contributed by atoms with Crippen LogP contribution in [0.25, 0.3) is 0 Å². The Kier molecular flexibility index (Phi) is 6.64. The van der Waals surface area contributed by atoms with Crippen molar-refractivity contribution in [1.29, 1.82) is 0 Å². The van der Waals surface area contributed by atoms with Crippen LogP contribution in [0.4, 0.5) is 0 Å². The molecule has 0 bridgehead atoms. The smallest absolute Gasteiger partial charge is 0.254 e. The second-order valence-corrected chi connectivity index (χ2v) is 6.86. The zero-order valence-electron chi connectivity index (χ0n) is 15.1. The van der Waals surface area contributed by atoms with Crippen molar-refractivity contribution in [1.82, 2.24) is 19.4 Å². The van der Waals surface area contributed by atoms with E-state index in [2.05, 4.69) is 4.98 Å². The van der Waals surface area contributed by atoms with E-state index in [0.29, 0.717) is 12.1 Å². The van der Waals surface area contributed by atoms with Gasteiger partial charge in [-0.15, -0.1) is 0 Å². The van der Waals surface area contributed by atoms with Gasteiger partial charge in [0.05, 0.1) is 6.54 Å². The molecule has 1 aromatic heterocycles. The molecule has 0 N–H and O–H groups in total. The van der Waals surface area contributed by atoms with Crippen LogP contribution >= 0.6 is 11.8 Å². The van der Waals surface area contributed by atoms with Crippen LogP contribution in [0.1, 0.15) is 22.8 Å². The summed E-state index contributed by atoms with van der Waals surface area (Å²) >= 11 is 1.62. The van der Waals surface area contributed by atoms with E-state index in [0.717, 1.165) is 16.5 Å². The monoisotopic (exact) mass is 360 g/mol. The van der Waals surface area contributed by atoms with Crippen molar-refractivity contribution in [3.05, 3.63) is 47.8 Å². The normalized spacial score (nSPS) is 10.6. The molecule has 0 atom stereocenters. The van der Waals surface area contributed by atoms with Gasteiger partial charge in [0.2, 0.25) is 5.91 Å². The molecular formula is C18H24N4O2S. The number of aromatic nitrogens is 2. The van der Waals surface area contributed by atoms with E-state index in [4.69, 9.17) is 0 Å². The number of carbonyl (C=O) groups is 2. The molecule has 2 rings (SSSR count). The first kappa shape index (κ1) is 19.1. The Labute approximate surface area is 152 Å². The van der Waals surface area contributed by atoms with Gasteiger partial charge < -0.3 is 14.4 Å². The number of likely N-dealkylation sites (N-methyl/N-ethyl adjacent to an activating group) is 2. The number of thioether (sulfide) groups is 1. The number of aryl methyl sites for hydroxylation is 1. The SMILES string of the molecule is CCN(CC(=O)N(C)C)C(=O)c1cccc(CSc2nccn2C)c1. The molecule has 7 heteroatoms. The van der Waals surface area contributed by atoms with E-state index in [-0.39, 0.29) is 18.4 Å². The van der Waals surface area contributed by atoms with Gasteiger partial charge in [-0.05, 0) is 24.6 Å². The van der Waals surface area contributed by atoms with Gasteiger partial charge in [0.25, 0.3) is 5.91 Å².